The van der Waals surface area contributed by atoms with Gasteiger partial charge in [0.25, 0.3) is 15.7 Å². The number of hydrogen-bond donors (Lipinski definition) is 1. The number of sulfonamides is 1. The minimum atomic E-state index is -4.01. The van der Waals surface area contributed by atoms with Gasteiger partial charge in [0.15, 0.2) is 0 Å². The van der Waals surface area contributed by atoms with Gasteiger partial charge in [-0.05, 0) is 49.4 Å². The molecule has 0 heterocycles. The fraction of sp³-hybridized carbons (Fsp3) is 0.0500. The molecule has 0 unspecified atom stereocenters. The molecule has 9 heteroatoms. The SMILES string of the molecule is Cc1ccc(C(=O)Oc2ccc(NS(=O)(=O)c3cccc([N+](=O)[O-])c3)cc2)cc1. The first-order valence-electron chi connectivity index (χ1n) is 8.41. The van der Waals surface area contributed by atoms with Crippen molar-refractivity contribution in [1.82, 2.24) is 0 Å². The average Bonchev–Trinajstić information content (AvgIpc) is 2.70. The maximum Gasteiger partial charge on any atom is 0.343 e. The molecule has 3 rings (SSSR count). The third-order valence-corrected chi connectivity index (χ3v) is 5.32. The molecule has 1 N–H and O–H groups in total. The predicted octanol–water partition coefficient (Wildman–Crippen LogP) is 3.92. The second-order valence-electron chi connectivity index (χ2n) is 6.14. The van der Waals surface area contributed by atoms with Crippen molar-refractivity contribution in [1.29, 1.82) is 0 Å². The van der Waals surface area contributed by atoms with Crippen molar-refractivity contribution in [2.75, 3.05) is 4.72 Å². The molecular weight excluding hydrogens is 396 g/mol. The van der Waals surface area contributed by atoms with Crippen LogP contribution in [0.4, 0.5) is 11.4 Å². The minimum Gasteiger partial charge on any atom is -0.423 e. The predicted molar refractivity (Wildman–Crippen MR) is 106 cm³/mol. The molecule has 148 valence electrons. The van der Waals surface area contributed by atoms with Crippen LogP contribution >= 0.6 is 0 Å². The molecule has 0 aliphatic carbocycles. The van der Waals surface area contributed by atoms with Gasteiger partial charge in [-0.25, -0.2) is 13.2 Å². The molecule has 3 aromatic carbocycles. The summed E-state index contributed by atoms with van der Waals surface area (Å²) in [5, 5.41) is 10.8. The van der Waals surface area contributed by atoms with Crippen molar-refractivity contribution in [2.24, 2.45) is 0 Å². The number of nitro benzene ring substituents is 1. The number of rotatable bonds is 6. The summed E-state index contributed by atoms with van der Waals surface area (Å²) in [7, 11) is -4.01. The summed E-state index contributed by atoms with van der Waals surface area (Å²) in [5.74, 6) is -0.288. The molecule has 0 fully saturated rings. The summed E-state index contributed by atoms with van der Waals surface area (Å²) in [4.78, 5) is 22.0. The van der Waals surface area contributed by atoms with Gasteiger partial charge in [0, 0.05) is 17.8 Å². The Hall–Kier alpha value is -3.72. The van der Waals surface area contributed by atoms with Gasteiger partial charge in [0.1, 0.15) is 5.75 Å². The monoisotopic (exact) mass is 412 g/mol. The molecule has 0 amide bonds. The second-order valence-corrected chi connectivity index (χ2v) is 7.82. The van der Waals surface area contributed by atoms with E-state index >= 15 is 0 Å². The summed E-state index contributed by atoms with van der Waals surface area (Å²) < 4.78 is 32.5. The van der Waals surface area contributed by atoms with E-state index in [2.05, 4.69) is 4.72 Å². The maximum atomic E-state index is 12.4. The quantitative estimate of drug-likeness (QED) is 0.284. The first-order chi connectivity index (χ1) is 13.7. The first-order valence-corrected chi connectivity index (χ1v) is 9.89. The highest BCUT2D eigenvalue weighted by atomic mass is 32.2. The fourth-order valence-electron chi connectivity index (χ4n) is 2.42. The Kier molecular flexibility index (Phi) is 5.60. The van der Waals surface area contributed by atoms with Crippen LogP contribution in [0.25, 0.3) is 0 Å². The fourth-order valence-corrected chi connectivity index (χ4v) is 3.52. The standard InChI is InChI=1S/C20H16N2O6S/c1-14-5-7-15(8-6-14)20(23)28-18-11-9-16(10-12-18)21-29(26,27)19-4-2-3-17(13-19)22(24)25/h2-13,21H,1H3. The number of carbonyl (C=O) groups is 1. The summed E-state index contributed by atoms with van der Waals surface area (Å²) in [6.07, 6.45) is 0. The molecule has 0 bridgehead atoms. The zero-order chi connectivity index (χ0) is 21.0. The van der Waals surface area contributed by atoms with E-state index in [9.17, 15) is 23.3 Å². The molecule has 0 spiro atoms. The van der Waals surface area contributed by atoms with Gasteiger partial charge >= 0.3 is 5.97 Å². The van der Waals surface area contributed by atoms with Crippen molar-refractivity contribution < 1.29 is 22.9 Å². The van der Waals surface area contributed by atoms with Gasteiger partial charge < -0.3 is 4.74 Å². The molecule has 0 atom stereocenters. The lowest BCUT2D eigenvalue weighted by molar-refractivity contribution is -0.385. The Morgan fingerprint density at radius 1 is 1.00 bits per heavy atom. The largest absolute Gasteiger partial charge is 0.423 e. The van der Waals surface area contributed by atoms with E-state index < -0.39 is 20.9 Å². The van der Waals surface area contributed by atoms with E-state index in [1.807, 2.05) is 6.92 Å². The highest BCUT2D eigenvalue weighted by molar-refractivity contribution is 7.92. The Morgan fingerprint density at radius 2 is 1.66 bits per heavy atom. The van der Waals surface area contributed by atoms with E-state index in [0.29, 0.717) is 5.56 Å². The van der Waals surface area contributed by atoms with Crippen LogP contribution in [0.1, 0.15) is 15.9 Å². The third-order valence-electron chi connectivity index (χ3n) is 3.94. The Labute approximate surface area is 167 Å². The maximum absolute atomic E-state index is 12.4. The average molecular weight is 412 g/mol. The number of anilines is 1. The molecule has 0 saturated carbocycles. The topological polar surface area (TPSA) is 116 Å². The molecule has 0 aliphatic heterocycles. The van der Waals surface area contributed by atoms with Crippen LogP contribution in [0.3, 0.4) is 0 Å². The van der Waals surface area contributed by atoms with Crippen LogP contribution in [0, 0.1) is 17.0 Å². The Bertz CT molecular complexity index is 1160. The van der Waals surface area contributed by atoms with Gasteiger partial charge in [-0.3, -0.25) is 14.8 Å². The molecule has 0 saturated heterocycles. The normalized spacial score (nSPS) is 10.9. The molecule has 0 radical (unpaired) electrons. The van der Waals surface area contributed by atoms with Gasteiger partial charge in [0.2, 0.25) is 0 Å². The number of hydrogen-bond acceptors (Lipinski definition) is 6. The Morgan fingerprint density at radius 3 is 2.28 bits per heavy atom. The molecular formula is C20H16N2O6S. The van der Waals surface area contributed by atoms with E-state index in [-0.39, 0.29) is 22.0 Å². The van der Waals surface area contributed by atoms with E-state index in [0.717, 1.165) is 11.6 Å². The summed E-state index contributed by atoms with van der Waals surface area (Å²) in [6, 6.07) is 17.3. The summed E-state index contributed by atoms with van der Waals surface area (Å²) in [6.45, 7) is 1.91. The van der Waals surface area contributed by atoms with Crippen LogP contribution in [-0.4, -0.2) is 19.3 Å². The van der Waals surface area contributed by atoms with Crippen LogP contribution in [0.15, 0.2) is 77.7 Å². The van der Waals surface area contributed by atoms with Crippen molar-refractivity contribution in [2.45, 2.75) is 11.8 Å². The van der Waals surface area contributed by atoms with Gasteiger partial charge in [-0.1, -0.05) is 23.8 Å². The number of benzene rings is 3. The van der Waals surface area contributed by atoms with Gasteiger partial charge in [-0.2, -0.15) is 0 Å². The molecule has 8 nitrogen and oxygen atoms in total. The number of nitrogens with one attached hydrogen (secondary N) is 1. The lowest BCUT2D eigenvalue weighted by Gasteiger charge is -2.09. The zero-order valence-electron chi connectivity index (χ0n) is 15.2. The van der Waals surface area contributed by atoms with Crippen molar-refractivity contribution in [3.05, 3.63) is 94.0 Å². The molecule has 3 aromatic rings. The number of non-ortho nitro benzene ring substituents is 1. The number of esters is 1. The number of nitrogens with zero attached hydrogens (tertiary/aromatic N) is 1. The smallest absolute Gasteiger partial charge is 0.343 e. The van der Waals surface area contributed by atoms with Crippen LogP contribution in [-0.2, 0) is 10.0 Å². The number of ether oxygens (including phenoxy) is 1. The number of aryl methyl sites for hydroxylation is 1. The summed E-state index contributed by atoms with van der Waals surface area (Å²) >= 11 is 0. The molecule has 29 heavy (non-hydrogen) atoms. The second kappa shape index (κ2) is 8.11. The van der Waals surface area contributed by atoms with Crippen molar-refractivity contribution in [3.8, 4) is 5.75 Å². The van der Waals surface area contributed by atoms with Crippen molar-refractivity contribution in [3.63, 3.8) is 0 Å². The van der Waals surface area contributed by atoms with Crippen LogP contribution in [0.2, 0.25) is 0 Å². The van der Waals surface area contributed by atoms with E-state index in [4.69, 9.17) is 4.74 Å². The lowest BCUT2D eigenvalue weighted by Crippen LogP contribution is -2.13. The molecule has 0 aromatic heterocycles. The first kappa shape index (κ1) is 20.0. The van der Waals surface area contributed by atoms with Crippen molar-refractivity contribution >= 4 is 27.4 Å². The van der Waals surface area contributed by atoms with Crippen LogP contribution in [0.5, 0.6) is 5.75 Å². The Balaban J connectivity index is 1.71. The number of carbonyl (C=O) groups excluding carboxylic acids is 1. The zero-order valence-corrected chi connectivity index (χ0v) is 16.0. The highest BCUT2D eigenvalue weighted by Gasteiger charge is 2.18. The van der Waals surface area contributed by atoms with Crippen LogP contribution < -0.4 is 9.46 Å². The number of nitro groups is 1. The van der Waals surface area contributed by atoms with Gasteiger partial charge in [-0.15, -0.1) is 0 Å². The third kappa shape index (κ3) is 4.96. The van der Waals surface area contributed by atoms with E-state index in [1.165, 1.54) is 42.5 Å². The molecule has 0 aliphatic rings. The lowest BCUT2D eigenvalue weighted by atomic mass is 10.1. The minimum absolute atomic E-state index is 0.214. The van der Waals surface area contributed by atoms with E-state index in [1.54, 1.807) is 24.3 Å². The summed E-state index contributed by atoms with van der Waals surface area (Å²) in [5.41, 5.74) is 1.30. The van der Waals surface area contributed by atoms with Gasteiger partial charge in [0.05, 0.1) is 15.4 Å². The highest BCUT2D eigenvalue weighted by Crippen LogP contribution is 2.22.